The fourth-order valence-electron chi connectivity index (χ4n) is 2.40. The summed E-state index contributed by atoms with van der Waals surface area (Å²) >= 11 is 7.28. The van der Waals surface area contributed by atoms with Crippen molar-refractivity contribution < 1.29 is 19.1 Å². The highest BCUT2D eigenvalue weighted by molar-refractivity contribution is 7.16. The molecule has 0 aliphatic rings. The molecule has 0 bridgehead atoms. The number of esters is 1. The predicted molar refractivity (Wildman–Crippen MR) is 109 cm³/mol. The molecule has 150 valence electrons. The summed E-state index contributed by atoms with van der Waals surface area (Å²) in [4.78, 5) is 39.4. The van der Waals surface area contributed by atoms with Crippen LogP contribution in [0.3, 0.4) is 0 Å². The van der Waals surface area contributed by atoms with Gasteiger partial charge in [-0.1, -0.05) is 43.6 Å². The number of carbonyl (C=O) groups excluding carboxylic acids is 3. The molecule has 1 unspecified atom stereocenters. The normalized spacial score (nSPS) is 11.8. The van der Waals surface area contributed by atoms with Crippen molar-refractivity contribution in [2.45, 2.75) is 26.4 Å². The van der Waals surface area contributed by atoms with Gasteiger partial charge in [0.05, 0.1) is 10.9 Å². The Kier molecular flexibility index (Phi) is 8.02. The average Bonchev–Trinajstić information content (AvgIpc) is 3.08. The highest BCUT2D eigenvalue weighted by Crippen LogP contribution is 2.22. The van der Waals surface area contributed by atoms with Crippen molar-refractivity contribution in [2.24, 2.45) is 5.92 Å². The lowest BCUT2D eigenvalue weighted by molar-refractivity contribution is -0.154. The molecule has 0 fully saturated rings. The Labute approximate surface area is 173 Å². The average molecular weight is 423 g/mol. The number of hydrogen-bond acceptors (Lipinski definition) is 5. The smallest absolute Gasteiger partial charge is 0.329 e. The van der Waals surface area contributed by atoms with Crippen molar-refractivity contribution in [1.29, 1.82) is 0 Å². The van der Waals surface area contributed by atoms with Gasteiger partial charge in [-0.15, -0.1) is 11.3 Å². The molecule has 28 heavy (non-hydrogen) atoms. The molecule has 1 aromatic carbocycles. The second-order valence-electron chi connectivity index (χ2n) is 6.62. The van der Waals surface area contributed by atoms with E-state index in [9.17, 15) is 14.4 Å². The van der Waals surface area contributed by atoms with E-state index in [0.717, 1.165) is 4.88 Å². The first-order valence-corrected chi connectivity index (χ1v) is 9.98. The number of nitrogens with one attached hydrogen (secondary N) is 1. The van der Waals surface area contributed by atoms with Crippen LogP contribution in [0.1, 0.15) is 29.1 Å². The minimum atomic E-state index is -0.845. The summed E-state index contributed by atoms with van der Waals surface area (Å²) in [5.41, 5.74) is 0.450. The fraction of sp³-hybridized carbons (Fsp3) is 0.350. The lowest BCUT2D eigenvalue weighted by Gasteiger charge is -2.22. The Bertz CT molecular complexity index is 823. The van der Waals surface area contributed by atoms with Crippen molar-refractivity contribution in [3.8, 4) is 0 Å². The van der Waals surface area contributed by atoms with Gasteiger partial charge in [0, 0.05) is 17.5 Å². The summed E-state index contributed by atoms with van der Waals surface area (Å²) in [5, 5.41) is 2.68. The van der Waals surface area contributed by atoms with Gasteiger partial charge in [-0.3, -0.25) is 9.59 Å². The topological polar surface area (TPSA) is 75.7 Å². The molecule has 2 aromatic rings. The van der Waals surface area contributed by atoms with Gasteiger partial charge >= 0.3 is 5.97 Å². The van der Waals surface area contributed by atoms with Crippen LogP contribution in [0.25, 0.3) is 0 Å². The molecule has 1 aromatic heterocycles. The maximum Gasteiger partial charge on any atom is 0.329 e. The highest BCUT2D eigenvalue weighted by Gasteiger charge is 2.27. The Morgan fingerprint density at radius 1 is 1.14 bits per heavy atom. The van der Waals surface area contributed by atoms with E-state index in [1.807, 2.05) is 6.07 Å². The van der Waals surface area contributed by atoms with Crippen LogP contribution in [-0.4, -0.2) is 42.4 Å². The standard InChI is InChI=1S/C20H23ClN2O4S/c1-13(2)18(22-19(25)14-7-5-4-6-8-14)20(26)27-12-17(24)23(3)11-15-9-10-16(21)28-15/h4-10,13,18H,11-12H2,1-3H3,(H,22,25). The SMILES string of the molecule is CC(C)C(NC(=O)c1ccccc1)C(=O)OCC(=O)N(C)Cc1ccc(Cl)s1. The van der Waals surface area contributed by atoms with E-state index in [4.69, 9.17) is 16.3 Å². The molecule has 1 heterocycles. The molecule has 6 nitrogen and oxygen atoms in total. The van der Waals surface area contributed by atoms with Gasteiger partial charge in [-0.05, 0) is 30.2 Å². The Hall–Kier alpha value is -2.38. The zero-order chi connectivity index (χ0) is 20.7. The van der Waals surface area contributed by atoms with Gasteiger partial charge < -0.3 is 15.0 Å². The van der Waals surface area contributed by atoms with Crippen LogP contribution < -0.4 is 5.32 Å². The summed E-state index contributed by atoms with van der Waals surface area (Å²) in [6.07, 6.45) is 0. The van der Waals surface area contributed by atoms with Crippen LogP contribution in [0, 0.1) is 5.92 Å². The van der Waals surface area contributed by atoms with Crippen LogP contribution in [0.2, 0.25) is 4.34 Å². The van der Waals surface area contributed by atoms with Crippen LogP contribution in [0.15, 0.2) is 42.5 Å². The van der Waals surface area contributed by atoms with Crippen LogP contribution in [0.5, 0.6) is 0 Å². The number of likely N-dealkylation sites (N-methyl/N-ethyl adjacent to an activating group) is 1. The Morgan fingerprint density at radius 3 is 2.39 bits per heavy atom. The monoisotopic (exact) mass is 422 g/mol. The molecule has 0 aliphatic heterocycles. The first-order chi connectivity index (χ1) is 13.3. The van der Waals surface area contributed by atoms with Gasteiger partial charge in [-0.25, -0.2) is 4.79 Å². The largest absolute Gasteiger partial charge is 0.454 e. The minimum absolute atomic E-state index is 0.193. The number of carbonyl (C=O) groups is 3. The molecule has 2 rings (SSSR count). The number of rotatable bonds is 8. The summed E-state index contributed by atoms with van der Waals surface area (Å²) < 4.78 is 5.81. The zero-order valence-electron chi connectivity index (χ0n) is 16.0. The fourth-order valence-corrected chi connectivity index (χ4v) is 3.54. The van der Waals surface area contributed by atoms with Crippen molar-refractivity contribution >= 4 is 40.7 Å². The van der Waals surface area contributed by atoms with Gasteiger partial charge in [0.2, 0.25) is 0 Å². The third kappa shape index (κ3) is 6.35. The molecule has 0 radical (unpaired) electrons. The highest BCUT2D eigenvalue weighted by atomic mass is 35.5. The predicted octanol–water partition coefficient (Wildman–Crippen LogP) is 3.36. The summed E-state index contributed by atoms with van der Waals surface area (Å²) in [6, 6.07) is 11.4. The van der Waals surface area contributed by atoms with Gasteiger partial charge in [0.15, 0.2) is 6.61 Å². The third-order valence-electron chi connectivity index (χ3n) is 4.03. The Morgan fingerprint density at radius 2 is 1.82 bits per heavy atom. The molecule has 1 atom stereocenters. The number of thiophene rings is 1. The summed E-state index contributed by atoms with van der Waals surface area (Å²) in [7, 11) is 1.63. The quantitative estimate of drug-likeness (QED) is 0.662. The molecule has 0 saturated carbocycles. The zero-order valence-corrected chi connectivity index (χ0v) is 17.5. The summed E-state index contributed by atoms with van der Waals surface area (Å²) in [6.45, 7) is 3.59. The van der Waals surface area contributed by atoms with E-state index in [1.165, 1.54) is 16.2 Å². The second-order valence-corrected chi connectivity index (χ2v) is 8.42. The van der Waals surface area contributed by atoms with Gasteiger partial charge in [0.25, 0.3) is 11.8 Å². The van der Waals surface area contributed by atoms with Crippen molar-refractivity contribution in [3.63, 3.8) is 0 Å². The molecular weight excluding hydrogens is 400 g/mol. The molecule has 1 N–H and O–H groups in total. The lowest BCUT2D eigenvalue weighted by Crippen LogP contribution is -2.46. The van der Waals surface area contributed by atoms with Gasteiger partial charge in [0.1, 0.15) is 6.04 Å². The first kappa shape index (κ1) is 21.9. The lowest BCUT2D eigenvalue weighted by atomic mass is 10.0. The van der Waals surface area contributed by atoms with Crippen LogP contribution in [0.4, 0.5) is 0 Å². The molecule has 0 saturated heterocycles. The number of ether oxygens (including phenoxy) is 1. The number of benzene rings is 1. The third-order valence-corrected chi connectivity index (χ3v) is 5.24. The number of nitrogens with zero attached hydrogens (tertiary/aromatic N) is 1. The molecule has 2 amide bonds. The molecule has 0 aliphatic carbocycles. The van der Waals surface area contributed by atoms with Crippen molar-refractivity contribution in [1.82, 2.24) is 10.2 Å². The van der Waals surface area contributed by atoms with Gasteiger partial charge in [-0.2, -0.15) is 0 Å². The molecular formula is C20H23ClN2O4S. The Balaban J connectivity index is 1.89. The maximum absolute atomic E-state index is 12.4. The summed E-state index contributed by atoms with van der Waals surface area (Å²) in [5.74, 6) is -1.54. The number of hydrogen-bond donors (Lipinski definition) is 1. The number of halogens is 1. The number of amides is 2. The van der Waals surface area contributed by atoms with Crippen LogP contribution in [-0.2, 0) is 20.9 Å². The molecule has 8 heteroatoms. The van der Waals surface area contributed by atoms with Crippen molar-refractivity contribution in [3.05, 3.63) is 57.2 Å². The second kappa shape index (κ2) is 10.2. The maximum atomic E-state index is 12.4. The van der Waals surface area contributed by atoms with E-state index in [-0.39, 0.29) is 17.7 Å². The van der Waals surface area contributed by atoms with E-state index >= 15 is 0 Å². The van der Waals surface area contributed by atoms with Crippen molar-refractivity contribution in [2.75, 3.05) is 13.7 Å². The molecule has 0 spiro atoms. The van der Waals surface area contributed by atoms with E-state index < -0.39 is 18.6 Å². The van der Waals surface area contributed by atoms with E-state index in [2.05, 4.69) is 5.32 Å². The first-order valence-electron chi connectivity index (χ1n) is 8.78. The van der Waals surface area contributed by atoms with Crippen LogP contribution >= 0.6 is 22.9 Å². The van der Waals surface area contributed by atoms with E-state index in [0.29, 0.717) is 16.4 Å². The minimum Gasteiger partial charge on any atom is -0.454 e. The van der Waals surface area contributed by atoms with E-state index in [1.54, 1.807) is 57.3 Å².